The summed E-state index contributed by atoms with van der Waals surface area (Å²) in [4.78, 5) is 24.2. The average Bonchev–Trinajstić information content (AvgIpc) is 2.78. The lowest BCUT2D eigenvalue weighted by Gasteiger charge is -2.14. The Morgan fingerprint density at radius 1 is 1.50 bits per heavy atom. The second kappa shape index (κ2) is 5.42. The molecule has 0 unspecified atom stereocenters. The monoisotopic (exact) mass is 246 g/mol. The molecule has 0 fully saturated rings. The molecule has 0 aliphatic rings. The Morgan fingerprint density at radius 2 is 2.33 bits per heavy atom. The lowest BCUT2D eigenvalue weighted by Crippen LogP contribution is -2.24. The van der Waals surface area contributed by atoms with Crippen molar-refractivity contribution in [2.45, 2.75) is 13.0 Å². The number of rotatable bonds is 5. The summed E-state index contributed by atoms with van der Waals surface area (Å²) >= 11 is 0. The van der Waals surface area contributed by atoms with Gasteiger partial charge in [-0.1, -0.05) is 0 Å². The molecule has 18 heavy (non-hydrogen) atoms. The van der Waals surface area contributed by atoms with E-state index in [0.29, 0.717) is 24.1 Å². The molecule has 2 aromatic rings. The maximum Gasteiger partial charge on any atom is 0.278 e. The minimum Gasteiger partial charge on any atom is -0.314 e. The van der Waals surface area contributed by atoms with E-state index in [1.54, 1.807) is 6.33 Å². The van der Waals surface area contributed by atoms with Gasteiger partial charge in [0.25, 0.3) is 5.56 Å². The Balaban J connectivity index is 2.07. The SMILES string of the molecule is CN(CCC#N)CCn1cnc2c(=O)[nH]cnc21. The quantitative estimate of drug-likeness (QED) is 0.799. The van der Waals surface area contributed by atoms with E-state index in [4.69, 9.17) is 5.26 Å². The molecule has 0 bridgehead atoms. The molecule has 2 aromatic heterocycles. The van der Waals surface area contributed by atoms with Crippen LogP contribution in [-0.2, 0) is 6.54 Å². The third-order valence-electron chi connectivity index (χ3n) is 2.74. The van der Waals surface area contributed by atoms with Gasteiger partial charge in [0.05, 0.1) is 18.7 Å². The van der Waals surface area contributed by atoms with Crippen molar-refractivity contribution in [3.63, 3.8) is 0 Å². The highest BCUT2D eigenvalue weighted by Gasteiger charge is 2.07. The minimum atomic E-state index is -0.225. The second-order valence-corrected chi connectivity index (χ2v) is 4.05. The maximum atomic E-state index is 11.5. The van der Waals surface area contributed by atoms with Crippen LogP contribution in [-0.4, -0.2) is 44.6 Å². The number of nitrogens with one attached hydrogen (secondary N) is 1. The Labute approximate surface area is 104 Å². The van der Waals surface area contributed by atoms with Crippen molar-refractivity contribution >= 4 is 11.2 Å². The first-order valence-corrected chi connectivity index (χ1v) is 5.66. The van der Waals surface area contributed by atoms with Gasteiger partial charge in [-0.3, -0.25) is 4.79 Å². The van der Waals surface area contributed by atoms with Crippen LogP contribution in [0.15, 0.2) is 17.4 Å². The van der Waals surface area contributed by atoms with E-state index in [-0.39, 0.29) is 5.56 Å². The van der Waals surface area contributed by atoms with Crippen LogP contribution >= 0.6 is 0 Å². The first-order valence-electron chi connectivity index (χ1n) is 5.66. The number of aromatic amines is 1. The van der Waals surface area contributed by atoms with Crippen molar-refractivity contribution in [2.24, 2.45) is 0 Å². The zero-order valence-electron chi connectivity index (χ0n) is 10.1. The van der Waals surface area contributed by atoms with E-state index >= 15 is 0 Å². The number of nitriles is 1. The molecule has 0 aliphatic carbocycles. The number of aromatic nitrogens is 4. The summed E-state index contributed by atoms with van der Waals surface area (Å²) in [7, 11) is 1.96. The van der Waals surface area contributed by atoms with Crippen molar-refractivity contribution in [2.75, 3.05) is 20.1 Å². The molecule has 0 aromatic carbocycles. The summed E-state index contributed by atoms with van der Waals surface area (Å²) in [6.07, 6.45) is 3.51. The molecule has 0 saturated heterocycles. The van der Waals surface area contributed by atoms with Crippen LogP contribution in [0.2, 0.25) is 0 Å². The molecule has 0 atom stereocenters. The molecule has 94 valence electrons. The van der Waals surface area contributed by atoms with Crippen molar-refractivity contribution in [3.05, 3.63) is 23.0 Å². The van der Waals surface area contributed by atoms with E-state index in [9.17, 15) is 4.79 Å². The van der Waals surface area contributed by atoms with Crippen molar-refractivity contribution in [1.82, 2.24) is 24.4 Å². The second-order valence-electron chi connectivity index (χ2n) is 4.05. The first kappa shape index (κ1) is 12.3. The van der Waals surface area contributed by atoms with E-state index in [1.807, 2.05) is 11.6 Å². The predicted octanol–water partition coefficient (Wildman–Crippen LogP) is -0.0349. The van der Waals surface area contributed by atoms with E-state index in [2.05, 4.69) is 25.9 Å². The Bertz CT molecular complexity index is 622. The summed E-state index contributed by atoms with van der Waals surface area (Å²) in [5.41, 5.74) is 0.723. The van der Waals surface area contributed by atoms with Crippen LogP contribution in [0.25, 0.3) is 11.2 Å². The van der Waals surface area contributed by atoms with Crippen LogP contribution in [0.3, 0.4) is 0 Å². The summed E-state index contributed by atoms with van der Waals surface area (Å²) in [6.45, 7) is 2.20. The number of H-pyrrole nitrogens is 1. The highest BCUT2D eigenvalue weighted by atomic mass is 16.1. The number of fused-ring (bicyclic) bond motifs is 1. The third kappa shape index (κ3) is 2.55. The summed E-state index contributed by atoms with van der Waals surface area (Å²) in [6, 6.07) is 2.11. The average molecular weight is 246 g/mol. The first-order chi connectivity index (χ1) is 8.72. The molecular formula is C11H14N6O. The topological polar surface area (TPSA) is 90.6 Å². The van der Waals surface area contributed by atoms with Gasteiger partial charge >= 0.3 is 0 Å². The molecule has 0 radical (unpaired) electrons. The van der Waals surface area contributed by atoms with E-state index in [0.717, 1.165) is 13.1 Å². The molecule has 0 spiro atoms. The summed E-state index contributed by atoms with van der Waals surface area (Å²) in [5.74, 6) is 0. The van der Waals surface area contributed by atoms with Gasteiger partial charge in [0, 0.05) is 26.1 Å². The summed E-state index contributed by atoms with van der Waals surface area (Å²) < 4.78 is 1.84. The molecule has 2 heterocycles. The fourth-order valence-electron chi connectivity index (χ4n) is 1.69. The van der Waals surface area contributed by atoms with Gasteiger partial charge in [0.2, 0.25) is 0 Å². The number of nitrogens with zero attached hydrogens (tertiary/aromatic N) is 5. The number of hydrogen-bond acceptors (Lipinski definition) is 5. The Kier molecular flexibility index (Phi) is 3.69. The fraction of sp³-hybridized carbons (Fsp3) is 0.455. The van der Waals surface area contributed by atoms with Gasteiger partial charge in [0.15, 0.2) is 11.2 Å². The van der Waals surface area contributed by atoms with Crippen molar-refractivity contribution in [1.29, 1.82) is 5.26 Å². The molecule has 7 nitrogen and oxygen atoms in total. The normalized spacial score (nSPS) is 10.9. The van der Waals surface area contributed by atoms with E-state index in [1.165, 1.54) is 6.33 Å². The predicted molar refractivity (Wildman–Crippen MR) is 65.9 cm³/mol. The highest BCUT2D eigenvalue weighted by Crippen LogP contribution is 2.03. The zero-order valence-corrected chi connectivity index (χ0v) is 10.1. The molecular weight excluding hydrogens is 232 g/mol. The lowest BCUT2D eigenvalue weighted by atomic mass is 10.4. The van der Waals surface area contributed by atoms with Crippen LogP contribution in [0.5, 0.6) is 0 Å². The maximum absolute atomic E-state index is 11.5. The molecule has 1 N–H and O–H groups in total. The van der Waals surface area contributed by atoms with Gasteiger partial charge in [0.1, 0.15) is 0 Å². The molecule has 7 heteroatoms. The standard InChI is InChI=1S/C11H14N6O/c1-16(4-2-3-12)5-6-17-8-15-9-10(17)13-7-14-11(9)18/h7-8H,2,4-6H2,1H3,(H,13,14,18). The summed E-state index contributed by atoms with van der Waals surface area (Å²) in [5, 5.41) is 8.50. The van der Waals surface area contributed by atoms with Crippen LogP contribution in [0, 0.1) is 11.3 Å². The van der Waals surface area contributed by atoms with Gasteiger partial charge in [-0.15, -0.1) is 0 Å². The smallest absolute Gasteiger partial charge is 0.278 e. The zero-order chi connectivity index (χ0) is 13.0. The molecule has 0 amide bonds. The van der Waals surface area contributed by atoms with Gasteiger partial charge in [-0.25, -0.2) is 9.97 Å². The van der Waals surface area contributed by atoms with E-state index < -0.39 is 0 Å². The van der Waals surface area contributed by atoms with Crippen molar-refractivity contribution < 1.29 is 0 Å². The largest absolute Gasteiger partial charge is 0.314 e. The van der Waals surface area contributed by atoms with Crippen molar-refractivity contribution in [3.8, 4) is 6.07 Å². The molecule has 2 rings (SSSR count). The highest BCUT2D eigenvalue weighted by molar-refractivity contribution is 5.68. The van der Waals surface area contributed by atoms with Crippen LogP contribution in [0.4, 0.5) is 0 Å². The van der Waals surface area contributed by atoms with Gasteiger partial charge < -0.3 is 14.5 Å². The molecule has 0 saturated carbocycles. The fourth-order valence-corrected chi connectivity index (χ4v) is 1.69. The van der Waals surface area contributed by atoms with Crippen LogP contribution < -0.4 is 5.56 Å². The molecule has 0 aliphatic heterocycles. The minimum absolute atomic E-state index is 0.225. The Morgan fingerprint density at radius 3 is 3.11 bits per heavy atom. The number of imidazole rings is 1. The lowest BCUT2D eigenvalue weighted by molar-refractivity contribution is 0.327. The van der Waals surface area contributed by atoms with Crippen LogP contribution in [0.1, 0.15) is 6.42 Å². The van der Waals surface area contributed by atoms with Gasteiger partial charge in [-0.05, 0) is 7.05 Å². The Hall–Kier alpha value is -2.20. The number of likely N-dealkylation sites (N-methyl/N-ethyl adjacent to an activating group) is 1. The third-order valence-corrected chi connectivity index (χ3v) is 2.74. The number of hydrogen-bond donors (Lipinski definition) is 1. The van der Waals surface area contributed by atoms with Gasteiger partial charge in [-0.2, -0.15) is 5.26 Å².